The molecule has 1 atom stereocenters. The first-order chi connectivity index (χ1) is 5.07. The Morgan fingerprint density at radius 1 is 1.73 bits per heavy atom. The van der Waals surface area contributed by atoms with Gasteiger partial charge in [-0.25, -0.2) is 0 Å². The van der Waals surface area contributed by atoms with Crippen LogP contribution in [0.15, 0.2) is 0 Å². The molecule has 0 heterocycles. The quantitative estimate of drug-likeness (QED) is 0.554. The molecule has 0 spiro atoms. The van der Waals surface area contributed by atoms with Gasteiger partial charge in [0.25, 0.3) is 0 Å². The number of carbonyl (C=O) groups excluding carboxylic acids is 1. The Hall–Kier alpha value is -0.341. The zero-order chi connectivity index (χ0) is 8.85. The average molecular weight is 223 g/mol. The molecule has 11 heavy (non-hydrogen) atoms. The Morgan fingerprint density at radius 3 is 2.55 bits per heavy atom. The summed E-state index contributed by atoms with van der Waals surface area (Å²) in [5.41, 5.74) is 0. The van der Waals surface area contributed by atoms with Crippen molar-refractivity contribution in [3.63, 3.8) is 0 Å². The van der Waals surface area contributed by atoms with Gasteiger partial charge in [-0.3, -0.25) is 0 Å². The molecule has 4 heteroatoms. The van der Waals surface area contributed by atoms with Gasteiger partial charge in [0.1, 0.15) is 0 Å². The Labute approximate surface area is 74.1 Å². The number of esters is 1. The fourth-order valence-corrected chi connectivity index (χ4v) is 1.04. The molecule has 64 valence electrons. The van der Waals surface area contributed by atoms with Crippen LogP contribution in [0.25, 0.3) is 0 Å². The number of carbonyl (C=O) groups is 1. The van der Waals surface area contributed by atoms with Gasteiger partial charge in [-0.15, -0.1) is 0 Å². The second-order valence-electron chi connectivity index (χ2n) is 2.22. The molecule has 0 aromatic rings. The minimum atomic E-state index is -0.475. The molecule has 0 saturated carbocycles. The minimum absolute atomic E-state index is 0.0436. The van der Waals surface area contributed by atoms with Gasteiger partial charge in [0, 0.05) is 0 Å². The van der Waals surface area contributed by atoms with Crippen molar-refractivity contribution in [1.82, 2.24) is 0 Å². The van der Waals surface area contributed by atoms with Gasteiger partial charge in [0.2, 0.25) is 0 Å². The molecular weight excluding hydrogens is 211 g/mol. The topological polar surface area (TPSA) is 46.5 Å². The van der Waals surface area contributed by atoms with Crippen LogP contribution in [0.1, 0.15) is 26.7 Å². The normalized spacial score (nSPS) is 12.2. The molecule has 0 aromatic heterocycles. The fraction of sp³-hybridized carbons (Fsp3) is 0.714. The van der Waals surface area contributed by atoms with Crippen molar-refractivity contribution < 1.29 is 14.6 Å². The molecule has 0 bridgehead atoms. The van der Waals surface area contributed by atoms with Crippen LogP contribution >= 0.6 is 0 Å². The first-order valence-corrected chi connectivity index (χ1v) is 4.33. The predicted molar refractivity (Wildman–Crippen MR) is 43.2 cm³/mol. The summed E-state index contributed by atoms with van der Waals surface area (Å²) in [6.07, 6.45) is 1.04. The van der Waals surface area contributed by atoms with Gasteiger partial charge in [0.15, 0.2) is 0 Å². The van der Waals surface area contributed by atoms with E-state index in [1.165, 1.54) is 6.92 Å². The molecule has 0 aliphatic rings. The van der Waals surface area contributed by atoms with E-state index in [1.54, 1.807) is 0 Å². The third-order valence-electron chi connectivity index (χ3n) is 1.13. The molecule has 1 N–H and O–H groups in total. The summed E-state index contributed by atoms with van der Waals surface area (Å²) >= 11 is 2.43. The van der Waals surface area contributed by atoms with Gasteiger partial charge in [-0.05, 0) is 0 Å². The van der Waals surface area contributed by atoms with Crippen LogP contribution in [0, 0.1) is 0 Å². The van der Waals surface area contributed by atoms with Crippen molar-refractivity contribution in [3.8, 4) is 0 Å². The van der Waals surface area contributed by atoms with Gasteiger partial charge >= 0.3 is 73.6 Å². The van der Waals surface area contributed by atoms with Gasteiger partial charge in [-0.2, -0.15) is 0 Å². The van der Waals surface area contributed by atoms with E-state index in [2.05, 4.69) is 15.6 Å². The van der Waals surface area contributed by atoms with Crippen LogP contribution < -0.4 is 0 Å². The van der Waals surface area contributed by atoms with Crippen molar-refractivity contribution in [1.29, 1.82) is 0 Å². The van der Waals surface area contributed by atoms with Crippen LogP contribution in [0.4, 0.5) is 0 Å². The Morgan fingerprint density at radius 2 is 2.27 bits per heavy atom. The fourth-order valence-electron chi connectivity index (χ4n) is 0.695. The first kappa shape index (κ1) is 10.7. The van der Waals surface area contributed by atoms with Crippen LogP contribution in [-0.4, -0.2) is 37.4 Å². The summed E-state index contributed by atoms with van der Waals surface area (Å²) in [6, 6.07) is 0. The standard InChI is InChI=1S/C7H12O3Se/c1-3-4-6(7(9)11)10-5(2)8/h6H,3-4H2,1-2H3,(H,9,11). The van der Waals surface area contributed by atoms with E-state index in [4.69, 9.17) is 9.84 Å². The maximum atomic E-state index is 10.5. The van der Waals surface area contributed by atoms with Crippen molar-refractivity contribution in [2.75, 3.05) is 0 Å². The molecule has 0 fully saturated rings. The zero-order valence-electron chi connectivity index (χ0n) is 6.66. The van der Waals surface area contributed by atoms with E-state index in [1.807, 2.05) is 6.92 Å². The van der Waals surface area contributed by atoms with Gasteiger partial charge in [-0.1, -0.05) is 0 Å². The summed E-state index contributed by atoms with van der Waals surface area (Å²) in [5.74, 6) is -0.370. The first-order valence-electron chi connectivity index (χ1n) is 3.48. The molecule has 0 aromatic carbocycles. The molecule has 1 unspecified atom stereocenters. The van der Waals surface area contributed by atoms with Crippen LogP contribution in [-0.2, 0) is 9.53 Å². The molecule has 0 aliphatic carbocycles. The Bertz CT molecular complexity index is 156. The average Bonchev–Trinajstić information content (AvgIpc) is 1.86. The van der Waals surface area contributed by atoms with E-state index in [9.17, 15) is 4.79 Å². The second kappa shape index (κ2) is 5.33. The summed E-state index contributed by atoms with van der Waals surface area (Å²) in [5, 5.41) is 8.98. The monoisotopic (exact) mass is 224 g/mol. The van der Waals surface area contributed by atoms with E-state index in [-0.39, 0.29) is 10.6 Å². The van der Waals surface area contributed by atoms with Crippen molar-refractivity contribution in [2.45, 2.75) is 32.8 Å². The number of hydrogen-bond acceptors (Lipinski definition) is 3. The molecule has 0 aliphatic heterocycles. The molecule has 0 amide bonds. The maximum absolute atomic E-state index is 10.5. The van der Waals surface area contributed by atoms with Crippen LogP contribution in [0.2, 0.25) is 0 Å². The summed E-state index contributed by atoms with van der Waals surface area (Å²) in [6.45, 7) is 3.28. The van der Waals surface area contributed by atoms with Crippen molar-refractivity contribution in [2.24, 2.45) is 0 Å². The summed E-state index contributed by atoms with van der Waals surface area (Å²) in [4.78, 5) is 10.5. The number of hydrogen-bond donors (Lipinski definition) is 1. The molecular formula is C7H12O3Se. The van der Waals surface area contributed by atoms with Crippen molar-refractivity contribution >= 4 is 26.1 Å². The van der Waals surface area contributed by atoms with E-state index in [0.717, 1.165) is 6.42 Å². The van der Waals surface area contributed by atoms with Gasteiger partial charge in [0.05, 0.1) is 0 Å². The third-order valence-corrected chi connectivity index (χ3v) is 1.69. The number of ether oxygens (including phenoxy) is 1. The molecule has 0 radical (unpaired) electrons. The number of rotatable bonds is 4. The molecule has 3 nitrogen and oxygen atoms in total. The summed E-state index contributed by atoms with van der Waals surface area (Å²) < 4.78 is 4.84. The third kappa shape index (κ3) is 4.99. The van der Waals surface area contributed by atoms with Crippen LogP contribution in [0.5, 0.6) is 0 Å². The second-order valence-corrected chi connectivity index (χ2v) is 3.10. The van der Waals surface area contributed by atoms with Crippen LogP contribution in [0.3, 0.4) is 0 Å². The predicted octanol–water partition coefficient (Wildman–Crippen LogP) is 0.389. The van der Waals surface area contributed by atoms with Crippen molar-refractivity contribution in [3.05, 3.63) is 0 Å². The van der Waals surface area contributed by atoms with Gasteiger partial charge < -0.3 is 0 Å². The van der Waals surface area contributed by atoms with E-state index in [0.29, 0.717) is 6.42 Å². The molecule has 0 saturated heterocycles. The Balaban J connectivity index is 3.89. The number of aliphatic hydroxyl groups excluding tert-OH is 1. The molecule has 0 rings (SSSR count). The Kier molecular flexibility index (Phi) is 5.16. The summed E-state index contributed by atoms with van der Waals surface area (Å²) in [7, 11) is 0. The van der Waals surface area contributed by atoms with E-state index >= 15 is 0 Å². The zero-order valence-corrected chi connectivity index (χ0v) is 8.38. The SMILES string of the molecule is CCCC(OC(C)=O)C(O)=[Se]. The van der Waals surface area contributed by atoms with E-state index < -0.39 is 6.10 Å². The number of aliphatic hydroxyl groups is 1.